The van der Waals surface area contributed by atoms with Crippen LogP contribution in [0.1, 0.15) is 12.5 Å². The van der Waals surface area contributed by atoms with Crippen molar-refractivity contribution in [2.24, 2.45) is 5.73 Å². The molecule has 3 heteroatoms. The maximum absolute atomic E-state index is 5.83. The highest BCUT2D eigenvalue weighted by Crippen LogP contribution is 2.27. The van der Waals surface area contributed by atoms with Crippen LogP contribution in [0.5, 0.6) is 5.75 Å². The number of hydrogen-bond acceptors (Lipinski definition) is 3. The number of methoxy groups -OCH3 is 1. The molecule has 2 aromatic carbocycles. The van der Waals surface area contributed by atoms with Crippen molar-refractivity contribution in [2.45, 2.75) is 13.0 Å². The zero-order valence-corrected chi connectivity index (χ0v) is 11.8. The fourth-order valence-corrected chi connectivity index (χ4v) is 1.92. The van der Waals surface area contributed by atoms with Gasteiger partial charge in [-0.2, -0.15) is 0 Å². The summed E-state index contributed by atoms with van der Waals surface area (Å²) in [7, 11) is 1.67. The van der Waals surface area contributed by atoms with E-state index in [1.165, 1.54) is 0 Å². The first kappa shape index (κ1) is 14.4. The van der Waals surface area contributed by atoms with Crippen molar-refractivity contribution < 1.29 is 9.47 Å². The summed E-state index contributed by atoms with van der Waals surface area (Å²) in [5, 5.41) is 2.22. The number of benzene rings is 2. The quantitative estimate of drug-likeness (QED) is 0.868. The predicted molar refractivity (Wildman–Crippen MR) is 81.8 cm³/mol. The Morgan fingerprint density at radius 1 is 1.20 bits per heavy atom. The van der Waals surface area contributed by atoms with Crippen LogP contribution in [0.15, 0.2) is 36.4 Å². The van der Waals surface area contributed by atoms with E-state index in [9.17, 15) is 0 Å². The third-order valence-corrected chi connectivity index (χ3v) is 3.08. The van der Waals surface area contributed by atoms with E-state index in [1.807, 2.05) is 37.3 Å². The highest BCUT2D eigenvalue weighted by atomic mass is 16.5. The van der Waals surface area contributed by atoms with Gasteiger partial charge in [-0.15, -0.1) is 0 Å². The Balaban J connectivity index is 2.42. The largest absolute Gasteiger partial charge is 0.490 e. The molecule has 0 radical (unpaired) electrons. The summed E-state index contributed by atoms with van der Waals surface area (Å²) in [5.74, 6) is 6.79. The lowest BCUT2D eigenvalue weighted by Crippen LogP contribution is -2.16. The molecule has 0 spiro atoms. The maximum Gasteiger partial charge on any atom is 0.135 e. The number of rotatable bonds is 4. The van der Waals surface area contributed by atoms with Gasteiger partial charge in [-0.3, -0.25) is 0 Å². The molecule has 0 heterocycles. The van der Waals surface area contributed by atoms with Crippen LogP contribution in [0.3, 0.4) is 0 Å². The normalized spacial score (nSPS) is 11.8. The minimum atomic E-state index is 0.0387. The molecule has 2 N–H and O–H groups in total. The summed E-state index contributed by atoms with van der Waals surface area (Å²) in [6, 6.07) is 12.1. The molecular weight excluding hydrogens is 250 g/mol. The summed E-state index contributed by atoms with van der Waals surface area (Å²) >= 11 is 0. The third kappa shape index (κ3) is 3.30. The standard InChI is InChI=1S/C17H19NO2/c1-13(19-2)12-20-17-10-9-14-6-3-4-7-15(14)16(17)8-5-11-18/h3-4,6-7,9-10,13H,11-12,18H2,1-2H3. The number of hydrogen-bond donors (Lipinski definition) is 1. The molecule has 1 atom stereocenters. The molecule has 0 aromatic heterocycles. The van der Waals surface area contributed by atoms with Gasteiger partial charge in [0.1, 0.15) is 12.4 Å². The first-order valence-corrected chi connectivity index (χ1v) is 6.62. The third-order valence-electron chi connectivity index (χ3n) is 3.08. The summed E-state index contributed by atoms with van der Waals surface area (Å²) in [4.78, 5) is 0. The van der Waals surface area contributed by atoms with Gasteiger partial charge in [-0.1, -0.05) is 42.2 Å². The van der Waals surface area contributed by atoms with Crippen molar-refractivity contribution in [3.05, 3.63) is 42.0 Å². The van der Waals surface area contributed by atoms with E-state index in [2.05, 4.69) is 17.9 Å². The monoisotopic (exact) mass is 269 g/mol. The van der Waals surface area contributed by atoms with E-state index in [4.69, 9.17) is 15.2 Å². The van der Waals surface area contributed by atoms with E-state index >= 15 is 0 Å². The second-order valence-electron chi connectivity index (χ2n) is 4.52. The van der Waals surface area contributed by atoms with Crippen molar-refractivity contribution in [2.75, 3.05) is 20.3 Å². The molecule has 2 aromatic rings. The Labute approximate surface area is 119 Å². The molecule has 0 saturated heterocycles. The Hall–Kier alpha value is -2.02. The average molecular weight is 269 g/mol. The average Bonchev–Trinajstić information content (AvgIpc) is 2.50. The van der Waals surface area contributed by atoms with E-state index in [1.54, 1.807) is 7.11 Å². The van der Waals surface area contributed by atoms with Gasteiger partial charge in [-0.05, 0) is 18.4 Å². The predicted octanol–water partition coefficient (Wildman–Crippen LogP) is 2.56. The van der Waals surface area contributed by atoms with Crippen LogP contribution in [-0.4, -0.2) is 26.4 Å². The smallest absolute Gasteiger partial charge is 0.135 e. The maximum atomic E-state index is 5.83. The lowest BCUT2D eigenvalue weighted by atomic mass is 10.0. The second kappa shape index (κ2) is 6.95. The van der Waals surface area contributed by atoms with Gasteiger partial charge in [0.25, 0.3) is 0 Å². The Morgan fingerprint density at radius 2 is 2.00 bits per heavy atom. The molecular formula is C17H19NO2. The van der Waals surface area contributed by atoms with Crippen LogP contribution in [0, 0.1) is 11.8 Å². The fraction of sp³-hybridized carbons (Fsp3) is 0.294. The molecule has 0 aliphatic rings. The summed E-state index contributed by atoms with van der Waals surface area (Å²) in [5.41, 5.74) is 6.37. The highest BCUT2D eigenvalue weighted by Gasteiger charge is 2.08. The van der Waals surface area contributed by atoms with Gasteiger partial charge in [0, 0.05) is 12.5 Å². The summed E-state index contributed by atoms with van der Waals surface area (Å²) < 4.78 is 11.0. The molecule has 0 saturated carbocycles. The van der Waals surface area contributed by atoms with Crippen LogP contribution in [0.2, 0.25) is 0 Å². The van der Waals surface area contributed by atoms with Crippen molar-refractivity contribution >= 4 is 10.8 Å². The van der Waals surface area contributed by atoms with E-state index in [-0.39, 0.29) is 6.10 Å². The van der Waals surface area contributed by atoms with Crippen LogP contribution >= 0.6 is 0 Å². The van der Waals surface area contributed by atoms with Crippen LogP contribution < -0.4 is 10.5 Å². The Morgan fingerprint density at radius 3 is 2.75 bits per heavy atom. The summed E-state index contributed by atoms with van der Waals surface area (Å²) in [6.45, 7) is 2.79. The minimum absolute atomic E-state index is 0.0387. The number of ether oxygens (including phenoxy) is 2. The van der Waals surface area contributed by atoms with Crippen LogP contribution in [0.25, 0.3) is 10.8 Å². The van der Waals surface area contributed by atoms with Gasteiger partial charge in [-0.25, -0.2) is 0 Å². The molecule has 2 rings (SSSR count). The SMILES string of the molecule is COC(C)COc1ccc2ccccc2c1C#CCN. The first-order chi connectivity index (χ1) is 9.76. The van der Waals surface area contributed by atoms with E-state index < -0.39 is 0 Å². The van der Waals surface area contributed by atoms with Crippen molar-refractivity contribution in [3.63, 3.8) is 0 Å². The van der Waals surface area contributed by atoms with Gasteiger partial charge >= 0.3 is 0 Å². The van der Waals surface area contributed by atoms with Crippen molar-refractivity contribution in [1.82, 2.24) is 0 Å². The highest BCUT2D eigenvalue weighted by molar-refractivity contribution is 5.90. The molecule has 20 heavy (non-hydrogen) atoms. The van der Waals surface area contributed by atoms with Crippen molar-refractivity contribution in [1.29, 1.82) is 0 Å². The van der Waals surface area contributed by atoms with Crippen molar-refractivity contribution in [3.8, 4) is 17.6 Å². The molecule has 0 amide bonds. The molecule has 0 bridgehead atoms. The lowest BCUT2D eigenvalue weighted by molar-refractivity contribution is 0.0716. The zero-order chi connectivity index (χ0) is 14.4. The fourth-order valence-electron chi connectivity index (χ4n) is 1.92. The second-order valence-corrected chi connectivity index (χ2v) is 4.52. The topological polar surface area (TPSA) is 44.5 Å². The molecule has 0 fully saturated rings. The van der Waals surface area contributed by atoms with Gasteiger partial charge in [0.2, 0.25) is 0 Å². The molecule has 3 nitrogen and oxygen atoms in total. The molecule has 0 aliphatic heterocycles. The minimum Gasteiger partial charge on any atom is -0.490 e. The summed E-state index contributed by atoms with van der Waals surface area (Å²) in [6.07, 6.45) is 0.0387. The van der Waals surface area contributed by atoms with Gasteiger partial charge in [0.05, 0.1) is 18.2 Å². The molecule has 104 valence electrons. The van der Waals surface area contributed by atoms with Gasteiger partial charge < -0.3 is 15.2 Å². The first-order valence-electron chi connectivity index (χ1n) is 6.62. The lowest BCUT2D eigenvalue weighted by Gasteiger charge is -2.14. The zero-order valence-electron chi connectivity index (χ0n) is 11.8. The van der Waals surface area contributed by atoms with Crippen LogP contribution in [0.4, 0.5) is 0 Å². The van der Waals surface area contributed by atoms with Crippen LogP contribution in [-0.2, 0) is 4.74 Å². The van der Waals surface area contributed by atoms with E-state index in [0.29, 0.717) is 13.2 Å². The number of nitrogens with two attached hydrogens (primary N) is 1. The Bertz CT molecular complexity index is 640. The molecule has 1 unspecified atom stereocenters. The van der Waals surface area contributed by atoms with Gasteiger partial charge in [0.15, 0.2) is 0 Å². The molecule has 0 aliphatic carbocycles. The van der Waals surface area contributed by atoms with E-state index in [0.717, 1.165) is 22.1 Å². The Kier molecular flexibility index (Phi) is 5.00. The number of fused-ring (bicyclic) bond motifs is 1.